The van der Waals surface area contributed by atoms with E-state index in [1.54, 1.807) is 67.8 Å². The lowest BCUT2D eigenvalue weighted by atomic mass is 10.2. The van der Waals surface area contributed by atoms with Crippen molar-refractivity contribution in [3.05, 3.63) is 99.8 Å². The van der Waals surface area contributed by atoms with Gasteiger partial charge in [0.15, 0.2) is 0 Å². The van der Waals surface area contributed by atoms with Gasteiger partial charge in [0.1, 0.15) is 16.5 Å². The number of halogens is 1. The van der Waals surface area contributed by atoms with Crippen LogP contribution in [0.2, 0.25) is 5.02 Å². The summed E-state index contributed by atoms with van der Waals surface area (Å²) in [4.78, 5) is 26.1. The number of aromatic nitrogens is 2. The van der Waals surface area contributed by atoms with Crippen LogP contribution in [0.4, 0.5) is 5.69 Å². The van der Waals surface area contributed by atoms with Crippen LogP contribution in [-0.2, 0) is 0 Å². The molecular formula is C25H20ClN3O4S. The summed E-state index contributed by atoms with van der Waals surface area (Å²) in [6.07, 6.45) is 0. The number of nitrogens with one attached hydrogen (secondary N) is 1. The summed E-state index contributed by atoms with van der Waals surface area (Å²) in [5.41, 5.74) is 1.20. The van der Waals surface area contributed by atoms with E-state index in [9.17, 15) is 9.59 Å². The molecule has 34 heavy (non-hydrogen) atoms. The third-order valence-electron chi connectivity index (χ3n) is 4.84. The molecule has 0 aliphatic rings. The molecule has 172 valence electrons. The van der Waals surface area contributed by atoms with Crippen molar-refractivity contribution in [1.82, 2.24) is 9.78 Å². The maximum atomic E-state index is 12.7. The number of nitrogens with zero attached hydrogens (tertiary/aromatic N) is 2. The molecule has 0 aliphatic heterocycles. The quantitative estimate of drug-likeness (QED) is 0.376. The molecule has 0 aliphatic carbocycles. The van der Waals surface area contributed by atoms with Gasteiger partial charge < -0.3 is 14.8 Å². The van der Waals surface area contributed by atoms with Crippen molar-refractivity contribution in [2.75, 3.05) is 19.5 Å². The number of hydrogen-bond acceptors (Lipinski definition) is 6. The normalized spacial score (nSPS) is 10.6. The largest absolute Gasteiger partial charge is 0.497 e. The summed E-state index contributed by atoms with van der Waals surface area (Å²) in [5.74, 6) is 0.783. The zero-order chi connectivity index (χ0) is 24.1. The number of methoxy groups -OCH3 is 2. The molecule has 0 radical (unpaired) electrons. The molecule has 4 rings (SSSR count). The number of carbonyl (C=O) groups excluding carboxylic acids is 1. The van der Waals surface area contributed by atoms with Crippen molar-refractivity contribution in [3.63, 3.8) is 0 Å². The minimum atomic E-state index is -0.317. The second-order valence-corrected chi connectivity index (χ2v) is 8.58. The van der Waals surface area contributed by atoms with Crippen LogP contribution < -0.4 is 20.3 Å². The van der Waals surface area contributed by atoms with Crippen LogP contribution in [0.25, 0.3) is 5.69 Å². The molecular weight excluding hydrogens is 474 g/mol. The van der Waals surface area contributed by atoms with E-state index in [1.807, 2.05) is 12.1 Å². The molecule has 0 unspecified atom stereocenters. The Labute approximate surface area is 205 Å². The molecule has 1 aromatic heterocycles. The van der Waals surface area contributed by atoms with Gasteiger partial charge in [-0.3, -0.25) is 9.59 Å². The Kier molecular flexibility index (Phi) is 7.20. The molecule has 1 heterocycles. The lowest BCUT2D eigenvalue weighted by Crippen LogP contribution is -2.20. The van der Waals surface area contributed by atoms with Gasteiger partial charge in [-0.1, -0.05) is 23.4 Å². The average Bonchev–Trinajstić information content (AvgIpc) is 2.87. The van der Waals surface area contributed by atoms with Crippen LogP contribution in [0, 0.1) is 0 Å². The molecule has 0 spiro atoms. The molecule has 0 bridgehead atoms. The van der Waals surface area contributed by atoms with E-state index in [4.69, 9.17) is 21.1 Å². The number of anilines is 1. The molecule has 1 N–H and O–H groups in total. The lowest BCUT2D eigenvalue weighted by molar-refractivity contribution is 0.102. The van der Waals surface area contributed by atoms with Gasteiger partial charge in [0.25, 0.3) is 11.5 Å². The van der Waals surface area contributed by atoms with E-state index in [0.717, 1.165) is 4.90 Å². The zero-order valence-electron chi connectivity index (χ0n) is 18.3. The fraction of sp³-hybridized carbons (Fsp3) is 0.0800. The Morgan fingerprint density at radius 2 is 1.68 bits per heavy atom. The number of amides is 1. The molecule has 0 saturated carbocycles. The maximum Gasteiger partial charge on any atom is 0.271 e. The standard InChI is InChI=1S/C25H20ClN3O4S/c1-32-19-9-12-21(22(15-19)33-2)27-25(31)16-3-7-18(8-4-16)29-24(30)14-13-23(28-29)34-20-10-5-17(26)6-11-20/h3-15H,1-2H3,(H,27,31). The van der Waals surface area contributed by atoms with Crippen molar-refractivity contribution < 1.29 is 14.3 Å². The third kappa shape index (κ3) is 5.41. The Bertz CT molecular complexity index is 1370. The summed E-state index contributed by atoms with van der Waals surface area (Å²) >= 11 is 7.35. The van der Waals surface area contributed by atoms with Crippen molar-refractivity contribution in [3.8, 4) is 17.2 Å². The fourth-order valence-electron chi connectivity index (χ4n) is 3.11. The number of carbonyl (C=O) groups is 1. The highest BCUT2D eigenvalue weighted by Crippen LogP contribution is 2.29. The van der Waals surface area contributed by atoms with Crippen LogP contribution in [0.15, 0.2) is 93.6 Å². The molecule has 3 aromatic carbocycles. The fourth-order valence-corrected chi connectivity index (χ4v) is 4.01. The topological polar surface area (TPSA) is 82.5 Å². The first-order valence-electron chi connectivity index (χ1n) is 10.1. The van der Waals surface area contributed by atoms with Crippen molar-refractivity contribution >= 4 is 35.0 Å². The smallest absolute Gasteiger partial charge is 0.271 e. The highest BCUT2D eigenvalue weighted by molar-refractivity contribution is 7.99. The van der Waals surface area contributed by atoms with Gasteiger partial charge in [0.2, 0.25) is 0 Å². The van der Waals surface area contributed by atoms with Gasteiger partial charge >= 0.3 is 0 Å². The Balaban J connectivity index is 1.53. The van der Waals surface area contributed by atoms with Crippen LogP contribution in [0.1, 0.15) is 10.4 Å². The van der Waals surface area contributed by atoms with Gasteiger partial charge in [-0.05, 0) is 66.7 Å². The monoisotopic (exact) mass is 493 g/mol. The van der Waals surface area contributed by atoms with Crippen LogP contribution in [-0.4, -0.2) is 29.9 Å². The van der Waals surface area contributed by atoms with E-state index in [1.165, 1.54) is 29.6 Å². The van der Waals surface area contributed by atoms with Gasteiger partial charge in [0.05, 0.1) is 25.6 Å². The average molecular weight is 494 g/mol. The lowest BCUT2D eigenvalue weighted by Gasteiger charge is -2.12. The van der Waals surface area contributed by atoms with Crippen molar-refractivity contribution in [2.45, 2.75) is 9.92 Å². The number of benzene rings is 3. The number of ether oxygens (including phenoxy) is 2. The molecule has 9 heteroatoms. The van der Waals surface area contributed by atoms with E-state index in [2.05, 4.69) is 10.4 Å². The van der Waals surface area contributed by atoms with Crippen molar-refractivity contribution in [1.29, 1.82) is 0 Å². The second kappa shape index (κ2) is 10.5. The highest BCUT2D eigenvalue weighted by Gasteiger charge is 2.12. The SMILES string of the molecule is COc1ccc(NC(=O)c2ccc(-n3nc(Sc4ccc(Cl)cc4)ccc3=O)cc2)c(OC)c1. The predicted octanol–water partition coefficient (Wildman–Crippen LogP) is 5.31. The highest BCUT2D eigenvalue weighted by atomic mass is 35.5. The summed E-state index contributed by atoms with van der Waals surface area (Å²) in [6, 6.07) is 22.2. The minimum Gasteiger partial charge on any atom is -0.497 e. The first-order chi connectivity index (χ1) is 16.5. The van der Waals surface area contributed by atoms with Gasteiger partial charge in [-0.2, -0.15) is 9.78 Å². The molecule has 0 atom stereocenters. The molecule has 4 aromatic rings. The van der Waals surface area contributed by atoms with E-state index in [0.29, 0.717) is 38.5 Å². The predicted molar refractivity (Wildman–Crippen MR) is 133 cm³/mol. The van der Waals surface area contributed by atoms with Crippen molar-refractivity contribution in [2.24, 2.45) is 0 Å². The third-order valence-corrected chi connectivity index (χ3v) is 6.03. The summed E-state index contributed by atoms with van der Waals surface area (Å²) in [5, 5.41) is 8.57. The van der Waals surface area contributed by atoms with Crippen LogP contribution in [0.3, 0.4) is 0 Å². The molecule has 0 fully saturated rings. The molecule has 1 amide bonds. The summed E-state index contributed by atoms with van der Waals surface area (Å²) < 4.78 is 11.8. The van der Waals surface area contributed by atoms with Crippen LogP contribution in [0.5, 0.6) is 11.5 Å². The first kappa shape index (κ1) is 23.4. The minimum absolute atomic E-state index is 0.277. The van der Waals surface area contributed by atoms with E-state index in [-0.39, 0.29) is 11.5 Å². The summed E-state index contributed by atoms with van der Waals surface area (Å²) in [7, 11) is 3.07. The Morgan fingerprint density at radius 1 is 0.941 bits per heavy atom. The maximum absolute atomic E-state index is 12.7. The van der Waals surface area contributed by atoms with E-state index >= 15 is 0 Å². The molecule has 0 saturated heterocycles. The second-order valence-electron chi connectivity index (χ2n) is 7.04. The van der Waals surface area contributed by atoms with Crippen LogP contribution >= 0.6 is 23.4 Å². The summed E-state index contributed by atoms with van der Waals surface area (Å²) in [6.45, 7) is 0. The zero-order valence-corrected chi connectivity index (χ0v) is 19.9. The van der Waals surface area contributed by atoms with Gasteiger partial charge in [0, 0.05) is 27.6 Å². The van der Waals surface area contributed by atoms with E-state index < -0.39 is 0 Å². The Morgan fingerprint density at radius 3 is 2.35 bits per heavy atom. The number of rotatable bonds is 7. The number of hydrogen-bond donors (Lipinski definition) is 1. The Hall–Kier alpha value is -3.75. The van der Waals surface area contributed by atoms with Gasteiger partial charge in [-0.25, -0.2) is 0 Å². The molecule has 7 nitrogen and oxygen atoms in total. The first-order valence-corrected chi connectivity index (χ1v) is 11.3. The van der Waals surface area contributed by atoms with Gasteiger partial charge in [-0.15, -0.1) is 0 Å².